The topological polar surface area (TPSA) is 0 Å². The maximum Gasteiger partial charge on any atom is 0.0164 e. The van der Waals surface area contributed by atoms with E-state index in [1.807, 2.05) is 0 Å². The summed E-state index contributed by atoms with van der Waals surface area (Å²) in [7, 11) is 0. The molecule has 0 aliphatic carbocycles. The van der Waals surface area contributed by atoms with E-state index in [1.54, 1.807) is 23.3 Å². The van der Waals surface area contributed by atoms with Gasteiger partial charge >= 0.3 is 41.9 Å². The Hall–Kier alpha value is -4.82. The monoisotopic (exact) mass is 894 g/mol. The summed E-state index contributed by atoms with van der Waals surface area (Å²) in [6, 6.07) is 72.6. The van der Waals surface area contributed by atoms with Gasteiger partial charge in [-0.25, -0.2) is 0 Å². The average Bonchev–Trinajstić information content (AvgIpc) is 3.86. The van der Waals surface area contributed by atoms with Crippen LogP contribution in [0, 0.1) is 13.8 Å². The Kier molecular flexibility index (Phi) is 14.8. The molecule has 290 valence electrons. The molecule has 59 heavy (non-hydrogen) atoms. The van der Waals surface area contributed by atoms with Crippen LogP contribution in [0.5, 0.6) is 0 Å². The summed E-state index contributed by atoms with van der Waals surface area (Å²) < 4.78 is 0. The van der Waals surface area contributed by atoms with E-state index in [0.29, 0.717) is 0 Å². The van der Waals surface area contributed by atoms with Gasteiger partial charge in [-0.2, -0.15) is 12.1 Å². The number of hydrogen-bond acceptors (Lipinski definition) is 0. The molecule has 0 nitrogen and oxygen atoms in total. The van der Waals surface area contributed by atoms with Gasteiger partial charge in [0.15, 0.2) is 0 Å². The van der Waals surface area contributed by atoms with E-state index >= 15 is 0 Å². The summed E-state index contributed by atoms with van der Waals surface area (Å²) in [5.74, 6) is 0.213. The largest absolute Gasteiger partial charge is 1.00 e. The smallest absolute Gasteiger partial charge is 0.0164 e. The molecule has 0 fully saturated rings. The van der Waals surface area contributed by atoms with E-state index in [0.717, 1.165) is 0 Å². The van der Waals surface area contributed by atoms with Gasteiger partial charge in [0.05, 0.1) is 0 Å². The third-order valence-electron chi connectivity index (χ3n) is 10.8. The summed E-state index contributed by atoms with van der Waals surface area (Å²) in [4.78, 5) is 0. The molecule has 10 aromatic carbocycles. The van der Waals surface area contributed by atoms with E-state index in [4.69, 9.17) is 0 Å². The normalized spacial score (nSPS) is 10.7. The second kappa shape index (κ2) is 20.0. The van der Waals surface area contributed by atoms with Crippen molar-refractivity contribution < 1.29 is 48.1 Å². The van der Waals surface area contributed by atoms with Crippen LogP contribution in [0.25, 0.3) is 65.3 Å². The Bertz CT molecular complexity index is 2920. The Morgan fingerprint density at radius 1 is 0.441 bits per heavy atom. The molecule has 0 radical (unpaired) electrons. The molecule has 0 heterocycles. The van der Waals surface area contributed by atoms with Crippen LogP contribution >= 0.6 is 0 Å². The molecule has 0 saturated heterocycles. The van der Waals surface area contributed by atoms with Crippen molar-refractivity contribution in [2.24, 2.45) is 0 Å². The van der Waals surface area contributed by atoms with E-state index < -0.39 is 0 Å². The zero-order valence-electron chi connectivity index (χ0n) is 33.9. The Balaban J connectivity index is 0.000000188. The minimum absolute atomic E-state index is 0. The summed E-state index contributed by atoms with van der Waals surface area (Å²) >= 11 is 1.74. The van der Waals surface area contributed by atoms with Crippen LogP contribution in [-0.2, 0) is 23.3 Å². The number of rotatable bonds is 5. The van der Waals surface area contributed by atoms with Crippen molar-refractivity contribution in [3.63, 3.8) is 0 Å². The van der Waals surface area contributed by atoms with E-state index in [-0.39, 0.29) is 36.2 Å². The summed E-state index contributed by atoms with van der Waals surface area (Å²) in [5.41, 5.74) is 12.1. The van der Waals surface area contributed by atoms with Gasteiger partial charge in [0.1, 0.15) is 0 Å². The average molecular weight is 897 g/mol. The van der Waals surface area contributed by atoms with Gasteiger partial charge in [-0.15, -0.1) is 68.6 Å². The third-order valence-corrected chi connectivity index (χ3v) is 10.8. The second-order valence-electron chi connectivity index (χ2n) is 15.2. The third kappa shape index (κ3) is 9.64. The van der Waals surface area contributed by atoms with Crippen LogP contribution in [-0.4, -0.2) is 5.43 Å². The summed E-state index contributed by atoms with van der Waals surface area (Å²) in [6.07, 6.45) is 0. The van der Waals surface area contributed by atoms with Gasteiger partial charge in [0.25, 0.3) is 0 Å². The first-order valence-corrected chi connectivity index (χ1v) is 26.0. The molecule has 0 aliphatic rings. The van der Waals surface area contributed by atoms with Gasteiger partial charge in [0, 0.05) is 5.92 Å². The van der Waals surface area contributed by atoms with Crippen LogP contribution in [0.15, 0.2) is 200 Å². The zero-order valence-corrected chi connectivity index (χ0v) is 38.9. The molecular formula is C55H46Cl2SiZr-2. The van der Waals surface area contributed by atoms with Crippen molar-refractivity contribution >= 4 is 48.5 Å². The fraction of sp³-hybridized carbons (Fsp3) is 0.0909. The van der Waals surface area contributed by atoms with Crippen molar-refractivity contribution in [1.29, 1.82) is 0 Å². The number of aryl methyl sites for hydroxylation is 2. The Morgan fingerprint density at radius 2 is 0.881 bits per heavy atom. The van der Waals surface area contributed by atoms with Gasteiger partial charge in [-0.05, 0) is 43.8 Å². The Morgan fingerprint density at radius 3 is 1.42 bits per heavy atom. The first-order chi connectivity index (χ1) is 27.9. The summed E-state index contributed by atoms with van der Waals surface area (Å²) in [6.45, 7) is 8.98. The molecule has 0 spiro atoms. The first-order valence-electron chi connectivity index (χ1n) is 19.8. The van der Waals surface area contributed by atoms with Crippen molar-refractivity contribution in [2.45, 2.75) is 32.9 Å². The van der Waals surface area contributed by atoms with Gasteiger partial charge in [0.2, 0.25) is 0 Å². The maximum atomic E-state index is 2.40. The van der Waals surface area contributed by atoms with E-state index in [9.17, 15) is 0 Å². The van der Waals surface area contributed by atoms with Gasteiger partial charge in [-0.3, -0.25) is 0 Å². The number of fused-ring (bicyclic) bond motifs is 4. The van der Waals surface area contributed by atoms with Crippen LogP contribution < -0.4 is 24.8 Å². The molecule has 0 aliphatic heterocycles. The van der Waals surface area contributed by atoms with Gasteiger partial charge < -0.3 is 24.8 Å². The minimum Gasteiger partial charge on any atom is -1.00 e. The standard InChI is InChI=1S/C32H23.C21H17.C2H6Si.2ClH.Zr/c1-3-12-24(13-4-1)32(25-14-5-2-6-15-25)27-21-26-17-10-20-30(31(26)22-27)29-19-9-16-23-11-7-8-18-28(23)29;1-14-12-20-15(2)10-11-19(21(20)13-14)18-9-5-7-16-6-3-4-8-17(16)18;1-3-2;;;/h1-22,32H;3-13H,1-2H3;1-2H3;2*1H;/q2*-1;;;;+2/p-2. The predicted octanol–water partition coefficient (Wildman–Crippen LogP) is 9.35. The predicted molar refractivity (Wildman–Crippen MR) is 246 cm³/mol. The molecule has 0 N–H and O–H groups in total. The molecule has 0 bridgehead atoms. The molecule has 10 rings (SSSR count). The van der Waals surface area contributed by atoms with E-state index in [1.165, 1.54) is 93.2 Å². The van der Waals surface area contributed by atoms with Crippen LogP contribution in [0.4, 0.5) is 0 Å². The van der Waals surface area contributed by atoms with E-state index in [2.05, 4.69) is 227 Å². The van der Waals surface area contributed by atoms with Crippen molar-refractivity contribution in [3.8, 4) is 22.3 Å². The minimum atomic E-state index is 0. The quantitative estimate of drug-likeness (QED) is 0.120. The second-order valence-corrected chi connectivity index (χ2v) is 24.6. The van der Waals surface area contributed by atoms with Crippen LogP contribution in [0.3, 0.4) is 0 Å². The molecule has 0 amide bonds. The van der Waals surface area contributed by atoms with Crippen molar-refractivity contribution in [3.05, 3.63) is 228 Å². The number of halogens is 2. The zero-order chi connectivity index (χ0) is 39.3. The molecule has 0 aromatic heterocycles. The summed E-state index contributed by atoms with van der Waals surface area (Å²) in [5, 5.41) is 10.5. The molecule has 10 aromatic rings. The number of hydrogen-bond donors (Lipinski definition) is 0. The Labute approximate surface area is 376 Å². The fourth-order valence-corrected chi connectivity index (χ4v) is 8.27. The number of benzene rings is 8. The van der Waals surface area contributed by atoms with Gasteiger partial charge in [-0.1, -0.05) is 183 Å². The van der Waals surface area contributed by atoms with Crippen LogP contribution in [0.2, 0.25) is 13.1 Å². The fourth-order valence-electron chi connectivity index (χ4n) is 8.27. The van der Waals surface area contributed by atoms with Crippen molar-refractivity contribution in [1.82, 2.24) is 0 Å². The SMILES string of the molecule is C[Si](C)=[Zr+2].Cc1cc2c(-c3cccc4ccccc34)ccc(C)c2[cH-]1.[Cl-].[Cl-].c1ccc(C(c2ccccc2)c2cc3c(-c4cccc5ccccc45)cccc3[cH-]2)cc1. The molecule has 0 atom stereocenters. The maximum absolute atomic E-state index is 2.40. The first kappa shape index (κ1) is 43.8. The molecule has 4 heteroatoms. The molecular weight excluding hydrogens is 851 g/mol. The molecule has 0 unspecified atom stereocenters. The van der Waals surface area contributed by atoms with Crippen LogP contribution in [0.1, 0.15) is 33.7 Å². The van der Waals surface area contributed by atoms with Crippen molar-refractivity contribution in [2.75, 3.05) is 0 Å². The molecule has 0 saturated carbocycles.